The molecule has 272 valence electrons. The van der Waals surface area contributed by atoms with Crippen LogP contribution in [0.2, 0.25) is 0 Å². The van der Waals surface area contributed by atoms with Crippen LogP contribution in [0.15, 0.2) is 88.7 Å². The fourth-order valence-electron chi connectivity index (χ4n) is 6.84. The second-order valence-electron chi connectivity index (χ2n) is 13.2. The molecule has 3 N–H and O–H groups in total. The summed E-state index contributed by atoms with van der Waals surface area (Å²) in [5.41, 5.74) is 11.2. The fraction of sp³-hybridized carbons (Fsp3) is 0.225. The van der Waals surface area contributed by atoms with Crippen molar-refractivity contribution in [1.29, 1.82) is 0 Å². The molecule has 0 saturated carbocycles. The standard InChI is InChI=1S/C40H42N2O8S2.Na/c1-22-15-25(4)38(26(5)16-22)41-34-13-9-29(19-24(34)3)37(32-12-11-31(51(44,45)46)21-36(32)52(47,48)49)30-10-14-35(33(20-30)40(43)50-8)42-39-27(6)17-23(2)18-28(39)7;/h9-21,37,41-42H,1-8H3,(H,44,45,46)(H,47,48,49);/q;+1/p-1. The SMILES string of the molecule is COC(=O)c1cc(C(c2ccc(Nc3c(C)cc(C)cc3C)c(C)c2)c2ccc(S(=O)(=O)[O-])cc2S(=O)(=O)O)ccc1Nc1c(C)cc(C)cc1C.[Na+]. The van der Waals surface area contributed by atoms with Crippen molar-refractivity contribution < 1.29 is 65.0 Å². The first-order valence-corrected chi connectivity index (χ1v) is 19.2. The predicted octanol–water partition coefficient (Wildman–Crippen LogP) is 5.45. The molecule has 0 fully saturated rings. The van der Waals surface area contributed by atoms with E-state index in [2.05, 4.69) is 22.8 Å². The van der Waals surface area contributed by atoms with Gasteiger partial charge < -0.3 is 19.9 Å². The van der Waals surface area contributed by atoms with Gasteiger partial charge in [-0.15, -0.1) is 0 Å². The minimum Gasteiger partial charge on any atom is -0.744 e. The average molecular weight is 765 g/mol. The Bertz CT molecular complexity index is 2420. The Labute approximate surface area is 333 Å². The minimum atomic E-state index is -5.08. The molecule has 10 nitrogen and oxygen atoms in total. The van der Waals surface area contributed by atoms with Crippen LogP contribution in [0.25, 0.3) is 0 Å². The number of rotatable bonds is 10. The molecule has 0 radical (unpaired) electrons. The van der Waals surface area contributed by atoms with E-state index in [9.17, 15) is 30.7 Å². The maximum Gasteiger partial charge on any atom is 1.00 e. The molecule has 0 aliphatic heterocycles. The second kappa shape index (κ2) is 16.2. The summed E-state index contributed by atoms with van der Waals surface area (Å²) in [6.45, 7) is 13.9. The molecule has 0 spiro atoms. The van der Waals surface area contributed by atoms with Crippen LogP contribution in [0, 0.1) is 48.5 Å². The molecule has 0 aliphatic carbocycles. The summed E-state index contributed by atoms with van der Waals surface area (Å²) in [6.07, 6.45) is 0. The summed E-state index contributed by atoms with van der Waals surface area (Å²) >= 11 is 0. The average Bonchev–Trinajstić information content (AvgIpc) is 3.04. The van der Waals surface area contributed by atoms with Crippen molar-refractivity contribution in [3.63, 3.8) is 0 Å². The molecule has 53 heavy (non-hydrogen) atoms. The van der Waals surface area contributed by atoms with Crippen LogP contribution in [0.5, 0.6) is 0 Å². The van der Waals surface area contributed by atoms with Gasteiger partial charge in [-0.2, -0.15) is 8.42 Å². The van der Waals surface area contributed by atoms with E-state index < -0.39 is 41.9 Å². The van der Waals surface area contributed by atoms with Crippen LogP contribution in [-0.2, 0) is 25.0 Å². The van der Waals surface area contributed by atoms with Gasteiger partial charge in [-0.1, -0.05) is 59.7 Å². The van der Waals surface area contributed by atoms with E-state index in [4.69, 9.17) is 4.74 Å². The molecule has 0 bridgehead atoms. The van der Waals surface area contributed by atoms with Crippen LogP contribution in [0.3, 0.4) is 0 Å². The Morgan fingerprint density at radius 1 is 0.660 bits per heavy atom. The first-order valence-electron chi connectivity index (χ1n) is 16.4. The monoisotopic (exact) mass is 764 g/mol. The Hall–Kier alpha value is -4.01. The third-order valence-electron chi connectivity index (χ3n) is 9.10. The maximum absolute atomic E-state index is 13.3. The molecule has 0 aromatic heterocycles. The van der Waals surface area contributed by atoms with Gasteiger partial charge in [0.05, 0.1) is 28.2 Å². The number of ether oxygens (including phenoxy) is 1. The molecule has 5 aromatic rings. The second-order valence-corrected chi connectivity index (χ2v) is 16.0. The smallest absolute Gasteiger partial charge is 0.744 e. The van der Waals surface area contributed by atoms with Gasteiger partial charge in [0.1, 0.15) is 10.1 Å². The molecule has 13 heteroatoms. The van der Waals surface area contributed by atoms with Crippen molar-refractivity contribution in [3.8, 4) is 0 Å². The molecular formula is C40H41N2NaO8S2. The predicted molar refractivity (Wildman–Crippen MR) is 202 cm³/mol. The topological polar surface area (TPSA) is 162 Å². The molecule has 0 aliphatic rings. The Kier molecular flexibility index (Phi) is 12.7. The Balaban J connectivity index is 0.00000627. The zero-order valence-electron chi connectivity index (χ0n) is 31.2. The van der Waals surface area contributed by atoms with Crippen LogP contribution >= 0.6 is 0 Å². The summed E-state index contributed by atoms with van der Waals surface area (Å²) < 4.78 is 77.1. The number of carbonyl (C=O) groups excluding carboxylic acids is 1. The molecule has 0 heterocycles. The Morgan fingerprint density at radius 3 is 1.58 bits per heavy atom. The van der Waals surface area contributed by atoms with Crippen molar-refractivity contribution in [1.82, 2.24) is 0 Å². The normalized spacial score (nSPS) is 12.1. The van der Waals surface area contributed by atoms with Gasteiger partial charge in [-0.05, 0) is 123 Å². The summed E-state index contributed by atoms with van der Waals surface area (Å²) in [5, 5.41) is 6.87. The minimum absolute atomic E-state index is 0. The van der Waals surface area contributed by atoms with Crippen molar-refractivity contribution in [2.24, 2.45) is 0 Å². The van der Waals surface area contributed by atoms with Gasteiger partial charge in [0, 0.05) is 23.0 Å². The van der Waals surface area contributed by atoms with Crippen molar-refractivity contribution in [3.05, 3.63) is 140 Å². The van der Waals surface area contributed by atoms with E-state index in [1.165, 1.54) is 13.2 Å². The van der Waals surface area contributed by atoms with E-state index in [0.717, 1.165) is 62.1 Å². The van der Waals surface area contributed by atoms with E-state index in [0.29, 0.717) is 22.9 Å². The summed E-state index contributed by atoms with van der Waals surface area (Å²) in [5.74, 6) is -1.64. The molecule has 0 saturated heterocycles. The van der Waals surface area contributed by atoms with E-state index in [1.54, 1.807) is 24.3 Å². The molecule has 5 aromatic carbocycles. The van der Waals surface area contributed by atoms with E-state index in [1.807, 2.05) is 72.7 Å². The van der Waals surface area contributed by atoms with Crippen LogP contribution in [0.1, 0.15) is 71.9 Å². The van der Waals surface area contributed by atoms with Crippen molar-refractivity contribution >= 4 is 49.0 Å². The molecule has 1 unspecified atom stereocenters. The Morgan fingerprint density at radius 2 is 1.13 bits per heavy atom. The fourth-order valence-corrected chi connectivity index (χ4v) is 8.17. The summed E-state index contributed by atoms with van der Waals surface area (Å²) in [7, 11) is -8.89. The number of hydrogen-bond acceptors (Lipinski definition) is 9. The number of esters is 1. The third-order valence-corrected chi connectivity index (χ3v) is 10.8. The number of carbonyl (C=O) groups is 1. The molecule has 1 atom stereocenters. The maximum atomic E-state index is 13.3. The zero-order chi connectivity index (χ0) is 38.3. The quantitative estimate of drug-likeness (QED) is 0.0722. The van der Waals surface area contributed by atoms with Crippen LogP contribution < -0.4 is 40.2 Å². The molecule has 5 rings (SSSR count). The van der Waals surface area contributed by atoms with Gasteiger partial charge >= 0.3 is 35.5 Å². The number of benzene rings is 5. The third kappa shape index (κ3) is 9.21. The first kappa shape index (κ1) is 41.7. The van der Waals surface area contributed by atoms with Gasteiger partial charge in [0.25, 0.3) is 10.1 Å². The van der Waals surface area contributed by atoms with Crippen LogP contribution in [0.4, 0.5) is 22.7 Å². The zero-order valence-corrected chi connectivity index (χ0v) is 34.8. The van der Waals surface area contributed by atoms with Crippen molar-refractivity contribution in [2.45, 2.75) is 64.2 Å². The summed E-state index contributed by atoms with van der Waals surface area (Å²) in [6, 6.07) is 21.5. The number of anilines is 4. The number of aryl methyl sites for hydroxylation is 7. The van der Waals surface area contributed by atoms with Crippen molar-refractivity contribution in [2.75, 3.05) is 17.7 Å². The van der Waals surface area contributed by atoms with Gasteiger partial charge in [-0.25, -0.2) is 13.2 Å². The largest absolute Gasteiger partial charge is 1.00 e. The van der Waals surface area contributed by atoms with Gasteiger partial charge in [0.2, 0.25) is 0 Å². The first-order chi connectivity index (χ1) is 24.3. The number of methoxy groups -OCH3 is 1. The van der Waals surface area contributed by atoms with E-state index in [-0.39, 0.29) is 40.7 Å². The van der Waals surface area contributed by atoms with Gasteiger partial charge in [0.15, 0.2) is 0 Å². The van der Waals surface area contributed by atoms with Crippen LogP contribution in [-0.4, -0.2) is 39.0 Å². The number of nitrogens with one attached hydrogen (secondary N) is 2. The van der Waals surface area contributed by atoms with Gasteiger partial charge in [-0.3, -0.25) is 4.55 Å². The summed E-state index contributed by atoms with van der Waals surface area (Å²) in [4.78, 5) is 11.7. The molecular weight excluding hydrogens is 724 g/mol. The number of hydrogen-bond donors (Lipinski definition) is 3. The molecule has 0 amide bonds. The van der Waals surface area contributed by atoms with E-state index >= 15 is 0 Å².